The Morgan fingerprint density at radius 1 is 1.80 bits per heavy atom. The van der Waals surface area contributed by atoms with Crippen LogP contribution in [0.15, 0.2) is 15.9 Å². The molecule has 1 rings (SSSR count). The molecule has 4 nitrogen and oxygen atoms in total. The molecule has 0 spiro atoms. The maximum atomic E-state index is 11.0. The van der Waals surface area contributed by atoms with Gasteiger partial charge in [0.25, 0.3) is 0 Å². The average Bonchev–Trinajstić information content (AvgIpc) is 2.59. The van der Waals surface area contributed by atoms with Crippen LogP contribution in [0.4, 0.5) is 0 Å². The van der Waals surface area contributed by atoms with Crippen LogP contribution >= 0.6 is 27.3 Å². The zero-order valence-corrected chi connectivity index (χ0v) is 10.6. The highest BCUT2D eigenvalue weighted by molar-refractivity contribution is 9.10. The molecule has 84 valence electrons. The summed E-state index contributed by atoms with van der Waals surface area (Å²) in [7, 11) is 1.58. The minimum Gasteiger partial charge on any atom is -0.480 e. The second-order valence-electron chi connectivity index (χ2n) is 2.85. The average molecular weight is 294 g/mol. The van der Waals surface area contributed by atoms with Gasteiger partial charge in [-0.2, -0.15) is 0 Å². The third kappa shape index (κ3) is 3.57. The summed E-state index contributed by atoms with van der Waals surface area (Å²) >= 11 is 4.73. The number of hydrogen-bond acceptors (Lipinski definition) is 4. The topological polar surface area (TPSA) is 58.6 Å². The molecule has 0 amide bonds. The van der Waals surface area contributed by atoms with Crippen molar-refractivity contribution in [3.8, 4) is 0 Å². The molecule has 0 saturated heterocycles. The number of carboxylic acid groups (broad SMARTS) is 1. The van der Waals surface area contributed by atoms with E-state index in [1.165, 1.54) is 11.3 Å². The predicted octanol–water partition coefficient (Wildman–Crippen LogP) is 1.87. The zero-order chi connectivity index (χ0) is 11.3. The van der Waals surface area contributed by atoms with Gasteiger partial charge in [0.2, 0.25) is 0 Å². The highest BCUT2D eigenvalue weighted by Crippen LogP contribution is 2.29. The van der Waals surface area contributed by atoms with Crippen molar-refractivity contribution in [1.29, 1.82) is 0 Å². The van der Waals surface area contributed by atoms with Gasteiger partial charge in [-0.3, -0.25) is 10.1 Å². The van der Waals surface area contributed by atoms with Crippen LogP contribution in [-0.2, 0) is 9.53 Å². The first-order valence-corrected chi connectivity index (χ1v) is 6.02. The standard InChI is InChI=1S/C9H12BrNO3S/c1-14-4-3-11-7(9(12)13)8-6(10)2-5-15-8/h2,5,7,11H,3-4H2,1H3,(H,12,13). The van der Waals surface area contributed by atoms with Crippen molar-refractivity contribution in [2.75, 3.05) is 20.3 Å². The Bertz CT molecular complexity index is 329. The predicted molar refractivity (Wildman–Crippen MR) is 62.3 cm³/mol. The quantitative estimate of drug-likeness (QED) is 0.786. The molecule has 1 aromatic rings. The first-order valence-electron chi connectivity index (χ1n) is 4.35. The monoisotopic (exact) mass is 293 g/mol. The Labute approximate surface area is 100 Å². The number of rotatable bonds is 6. The van der Waals surface area contributed by atoms with Crippen molar-refractivity contribution in [2.45, 2.75) is 6.04 Å². The van der Waals surface area contributed by atoms with Crippen LogP contribution in [0, 0.1) is 0 Å². The molecule has 0 aliphatic carbocycles. The fraction of sp³-hybridized carbons (Fsp3) is 0.444. The minimum absolute atomic E-state index is 0.493. The van der Waals surface area contributed by atoms with Crippen molar-refractivity contribution in [2.24, 2.45) is 0 Å². The van der Waals surface area contributed by atoms with Gasteiger partial charge in [0, 0.05) is 23.0 Å². The number of carbonyl (C=O) groups is 1. The van der Waals surface area contributed by atoms with Crippen LogP contribution in [0.1, 0.15) is 10.9 Å². The Hall–Kier alpha value is -0.430. The van der Waals surface area contributed by atoms with Crippen LogP contribution in [0.2, 0.25) is 0 Å². The second-order valence-corrected chi connectivity index (χ2v) is 4.65. The maximum Gasteiger partial charge on any atom is 0.326 e. The van der Waals surface area contributed by atoms with Gasteiger partial charge in [-0.25, -0.2) is 0 Å². The van der Waals surface area contributed by atoms with Crippen LogP contribution in [0.25, 0.3) is 0 Å². The summed E-state index contributed by atoms with van der Waals surface area (Å²) in [5.41, 5.74) is 0. The van der Waals surface area contributed by atoms with Gasteiger partial charge in [-0.15, -0.1) is 11.3 Å². The molecule has 0 aliphatic heterocycles. The molecule has 1 heterocycles. The highest BCUT2D eigenvalue weighted by Gasteiger charge is 2.22. The Morgan fingerprint density at radius 2 is 2.53 bits per heavy atom. The highest BCUT2D eigenvalue weighted by atomic mass is 79.9. The van der Waals surface area contributed by atoms with Gasteiger partial charge < -0.3 is 9.84 Å². The molecule has 1 aromatic heterocycles. The summed E-state index contributed by atoms with van der Waals surface area (Å²) in [4.78, 5) is 11.8. The molecule has 0 saturated carbocycles. The number of thiophene rings is 1. The number of carboxylic acids is 1. The summed E-state index contributed by atoms with van der Waals surface area (Å²) in [6.45, 7) is 1.00. The van der Waals surface area contributed by atoms with Crippen LogP contribution < -0.4 is 5.32 Å². The van der Waals surface area contributed by atoms with E-state index in [4.69, 9.17) is 9.84 Å². The first kappa shape index (κ1) is 12.6. The van der Waals surface area contributed by atoms with E-state index < -0.39 is 12.0 Å². The smallest absolute Gasteiger partial charge is 0.326 e. The lowest BCUT2D eigenvalue weighted by molar-refractivity contribution is -0.139. The van der Waals surface area contributed by atoms with Gasteiger partial charge >= 0.3 is 5.97 Å². The molecule has 1 unspecified atom stereocenters. The molecule has 2 N–H and O–H groups in total. The van der Waals surface area contributed by atoms with Crippen LogP contribution in [0.5, 0.6) is 0 Å². The van der Waals surface area contributed by atoms with Gasteiger partial charge in [0.15, 0.2) is 0 Å². The molecule has 0 fully saturated rings. The molecule has 0 aliphatic rings. The van der Waals surface area contributed by atoms with Gasteiger partial charge in [0.1, 0.15) is 6.04 Å². The van der Waals surface area contributed by atoms with Crippen molar-refractivity contribution in [3.63, 3.8) is 0 Å². The number of methoxy groups -OCH3 is 1. The van der Waals surface area contributed by atoms with Crippen molar-refractivity contribution in [1.82, 2.24) is 5.32 Å². The van der Waals surface area contributed by atoms with Crippen LogP contribution in [0.3, 0.4) is 0 Å². The number of nitrogens with one attached hydrogen (secondary N) is 1. The Balaban J connectivity index is 2.67. The molecule has 0 bridgehead atoms. The number of aliphatic carboxylic acids is 1. The number of ether oxygens (including phenoxy) is 1. The van der Waals surface area contributed by atoms with E-state index in [-0.39, 0.29) is 0 Å². The molecule has 6 heteroatoms. The van der Waals surface area contributed by atoms with E-state index in [9.17, 15) is 4.79 Å². The van der Waals surface area contributed by atoms with Gasteiger partial charge in [0.05, 0.1) is 6.61 Å². The van der Waals surface area contributed by atoms with Crippen molar-refractivity contribution in [3.05, 3.63) is 20.8 Å². The minimum atomic E-state index is -0.880. The fourth-order valence-electron chi connectivity index (χ4n) is 1.11. The fourth-order valence-corrected chi connectivity index (χ4v) is 2.78. The van der Waals surface area contributed by atoms with E-state index >= 15 is 0 Å². The van der Waals surface area contributed by atoms with Crippen LogP contribution in [-0.4, -0.2) is 31.3 Å². The molecule has 1 atom stereocenters. The molecular formula is C9H12BrNO3S. The summed E-state index contributed by atoms with van der Waals surface area (Å²) in [5, 5.41) is 13.8. The van der Waals surface area contributed by atoms with Gasteiger partial charge in [-0.05, 0) is 27.4 Å². The largest absolute Gasteiger partial charge is 0.480 e. The van der Waals surface area contributed by atoms with Crippen molar-refractivity contribution < 1.29 is 14.6 Å². The van der Waals surface area contributed by atoms with E-state index in [0.717, 1.165) is 9.35 Å². The third-order valence-electron chi connectivity index (χ3n) is 1.81. The Kier molecular flexibility index (Phi) is 5.24. The lowest BCUT2D eigenvalue weighted by Gasteiger charge is -2.13. The normalized spacial score (nSPS) is 12.7. The molecule has 0 aromatic carbocycles. The van der Waals surface area contributed by atoms with E-state index in [1.807, 2.05) is 11.4 Å². The zero-order valence-electron chi connectivity index (χ0n) is 8.20. The van der Waals surface area contributed by atoms with E-state index in [1.54, 1.807) is 7.11 Å². The van der Waals surface area contributed by atoms with Gasteiger partial charge in [-0.1, -0.05) is 0 Å². The Morgan fingerprint density at radius 3 is 3.00 bits per heavy atom. The van der Waals surface area contributed by atoms with E-state index in [2.05, 4.69) is 21.2 Å². The molecule has 15 heavy (non-hydrogen) atoms. The lowest BCUT2D eigenvalue weighted by Crippen LogP contribution is -2.30. The molecule has 0 radical (unpaired) electrons. The first-order chi connectivity index (χ1) is 7.16. The van der Waals surface area contributed by atoms with Crippen molar-refractivity contribution >= 4 is 33.2 Å². The maximum absolute atomic E-state index is 11.0. The summed E-state index contributed by atoms with van der Waals surface area (Å²) in [5.74, 6) is -0.880. The lowest BCUT2D eigenvalue weighted by atomic mass is 10.2. The summed E-state index contributed by atoms with van der Waals surface area (Å²) in [6.07, 6.45) is 0. The third-order valence-corrected chi connectivity index (χ3v) is 3.74. The summed E-state index contributed by atoms with van der Waals surface area (Å²) < 4.78 is 5.68. The second kappa shape index (κ2) is 6.22. The van der Waals surface area contributed by atoms with E-state index in [0.29, 0.717) is 13.2 Å². The number of hydrogen-bond donors (Lipinski definition) is 2. The summed E-state index contributed by atoms with van der Waals surface area (Å²) in [6, 6.07) is 1.17. The SMILES string of the molecule is COCCNC(C(=O)O)c1sccc1Br. The number of halogens is 1. The molecular weight excluding hydrogens is 282 g/mol.